The largest absolute Gasteiger partial charge is 0.493 e. The molecule has 0 aliphatic carbocycles. The summed E-state index contributed by atoms with van der Waals surface area (Å²) >= 11 is 0. The van der Waals surface area contributed by atoms with Crippen LogP contribution in [0.4, 0.5) is 0 Å². The lowest BCUT2D eigenvalue weighted by atomic mass is 10.2. The molecule has 3 rings (SSSR count). The van der Waals surface area contributed by atoms with E-state index in [4.69, 9.17) is 9.47 Å². The molecule has 1 heterocycles. The minimum absolute atomic E-state index is 0.542. The highest BCUT2D eigenvalue weighted by atomic mass is 16.5. The van der Waals surface area contributed by atoms with Gasteiger partial charge in [-0.1, -0.05) is 18.2 Å². The average Bonchev–Trinajstić information content (AvgIpc) is 3.14. The lowest BCUT2D eigenvalue weighted by Gasteiger charge is -2.12. The van der Waals surface area contributed by atoms with Crippen LogP contribution in [0.1, 0.15) is 18.3 Å². The number of methoxy groups -OCH3 is 2. The zero-order valence-electron chi connectivity index (χ0n) is 16.6. The van der Waals surface area contributed by atoms with E-state index in [1.165, 1.54) is 0 Å². The second kappa shape index (κ2) is 9.64. The summed E-state index contributed by atoms with van der Waals surface area (Å²) in [7, 11) is 3.26. The van der Waals surface area contributed by atoms with Crippen LogP contribution in [0.15, 0.2) is 47.5 Å². The molecule has 0 saturated heterocycles. The molecule has 28 heavy (non-hydrogen) atoms. The van der Waals surface area contributed by atoms with Gasteiger partial charge in [-0.3, -0.25) is 0 Å². The van der Waals surface area contributed by atoms with Gasteiger partial charge in [-0.05, 0) is 36.8 Å². The van der Waals surface area contributed by atoms with Gasteiger partial charge in [0, 0.05) is 19.5 Å². The third kappa shape index (κ3) is 4.94. The molecule has 3 N–H and O–H groups in total. The molecule has 3 aromatic rings. The van der Waals surface area contributed by atoms with Gasteiger partial charge >= 0.3 is 0 Å². The Morgan fingerprint density at radius 2 is 1.89 bits per heavy atom. The average molecular weight is 381 g/mol. The molecule has 0 fully saturated rings. The molecule has 0 aliphatic rings. The van der Waals surface area contributed by atoms with Crippen molar-refractivity contribution in [3.8, 4) is 11.5 Å². The minimum Gasteiger partial charge on any atom is -0.493 e. The molecule has 0 atom stereocenters. The van der Waals surface area contributed by atoms with Gasteiger partial charge in [0.1, 0.15) is 5.82 Å². The quantitative estimate of drug-likeness (QED) is 0.413. The first-order valence-corrected chi connectivity index (χ1v) is 9.40. The van der Waals surface area contributed by atoms with Gasteiger partial charge in [-0.25, -0.2) is 9.98 Å². The summed E-state index contributed by atoms with van der Waals surface area (Å²) < 4.78 is 10.6. The van der Waals surface area contributed by atoms with Crippen molar-refractivity contribution in [1.29, 1.82) is 0 Å². The van der Waals surface area contributed by atoms with E-state index in [2.05, 4.69) is 25.6 Å². The van der Waals surface area contributed by atoms with E-state index >= 15 is 0 Å². The third-order valence-electron chi connectivity index (χ3n) is 4.30. The summed E-state index contributed by atoms with van der Waals surface area (Å²) in [4.78, 5) is 12.6. The normalized spacial score (nSPS) is 11.5. The second-order valence-electron chi connectivity index (χ2n) is 6.26. The molecule has 7 nitrogen and oxygen atoms in total. The van der Waals surface area contributed by atoms with Crippen molar-refractivity contribution in [3.63, 3.8) is 0 Å². The number of aliphatic imine (C=N–C) groups is 1. The molecular formula is C21H27N5O2. The number of benzene rings is 2. The summed E-state index contributed by atoms with van der Waals surface area (Å²) in [5.74, 6) is 3.15. The van der Waals surface area contributed by atoms with E-state index in [9.17, 15) is 0 Å². The van der Waals surface area contributed by atoms with E-state index in [1.54, 1.807) is 14.2 Å². The fraction of sp³-hybridized carbons (Fsp3) is 0.333. The van der Waals surface area contributed by atoms with Gasteiger partial charge in [0.15, 0.2) is 17.5 Å². The zero-order chi connectivity index (χ0) is 19.8. The van der Waals surface area contributed by atoms with Crippen molar-refractivity contribution in [1.82, 2.24) is 20.6 Å². The first-order chi connectivity index (χ1) is 13.7. The van der Waals surface area contributed by atoms with Crippen LogP contribution in [0.25, 0.3) is 11.0 Å². The Kier molecular flexibility index (Phi) is 6.73. The number of fused-ring (bicyclic) bond motifs is 1. The van der Waals surface area contributed by atoms with Crippen LogP contribution >= 0.6 is 0 Å². The number of ether oxygens (including phenoxy) is 2. The van der Waals surface area contributed by atoms with Crippen molar-refractivity contribution in [2.24, 2.45) is 4.99 Å². The molecule has 0 amide bonds. The Bertz CT molecular complexity index is 902. The maximum Gasteiger partial charge on any atom is 0.191 e. The predicted octanol–water partition coefficient (Wildman–Crippen LogP) is 2.88. The van der Waals surface area contributed by atoms with E-state index < -0.39 is 0 Å². The molecule has 0 saturated carbocycles. The van der Waals surface area contributed by atoms with Gasteiger partial charge in [-0.15, -0.1) is 0 Å². The van der Waals surface area contributed by atoms with Crippen LogP contribution in [0.5, 0.6) is 11.5 Å². The zero-order valence-corrected chi connectivity index (χ0v) is 16.6. The maximum atomic E-state index is 5.35. The summed E-state index contributed by atoms with van der Waals surface area (Å²) in [5, 5.41) is 6.63. The van der Waals surface area contributed by atoms with Gasteiger partial charge in [-0.2, -0.15) is 0 Å². The monoisotopic (exact) mass is 381 g/mol. The van der Waals surface area contributed by atoms with E-state index in [0.29, 0.717) is 18.0 Å². The molecule has 0 bridgehead atoms. The summed E-state index contributed by atoms with van der Waals surface area (Å²) in [6.45, 7) is 4.12. The number of rotatable bonds is 8. The number of imidazole rings is 1. The number of hydrogen-bond acceptors (Lipinski definition) is 4. The highest BCUT2D eigenvalue weighted by molar-refractivity contribution is 5.79. The molecule has 7 heteroatoms. The van der Waals surface area contributed by atoms with E-state index in [1.807, 2.05) is 49.4 Å². The Balaban J connectivity index is 1.59. The van der Waals surface area contributed by atoms with Crippen LogP contribution < -0.4 is 20.1 Å². The number of nitrogens with zero attached hydrogens (tertiary/aromatic N) is 2. The molecule has 2 aromatic carbocycles. The van der Waals surface area contributed by atoms with Crippen molar-refractivity contribution in [2.75, 3.05) is 27.3 Å². The topological polar surface area (TPSA) is 83.6 Å². The lowest BCUT2D eigenvalue weighted by Crippen LogP contribution is -2.38. The standard InChI is InChI=1S/C21H27N5O2/c1-4-22-21(24-14-15-9-10-18(27-2)19(13-15)28-3)23-12-11-20-25-16-7-5-6-8-17(16)26-20/h5-10,13H,4,11-12,14H2,1-3H3,(H,25,26)(H2,22,23,24). The number of hydrogen-bond donors (Lipinski definition) is 3. The highest BCUT2D eigenvalue weighted by Gasteiger charge is 2.06. The predicted molar refractivity (Wildman–Crippen MR) is 112 cm³/mol. The minimum atomic E-state index is 0.542. The van der Waals surface area contributed by atoms with Gasteiger partial charge in [0.05, 0.1) is 31.8 Å². The number of para-hydroxylation sites is 2. The number of H-pyrrole nitrogens is 1. The van der Waals surface area contributed by atoms with Crippen LogP contribution in [0.3, 0.4) is 0 Å². The van der Waals surface area contributed by atoms with E-state index in [-0.39, 0.29) is 0 Å². The second-order valence-corrected chi connectivity index (χ2v) is 6.26. The van der Waals surface area contributed by atoms with Crippen LogP contribution in [-0.2, 0) is 13.0 Å². The van der Waals surface area contributed by atoms with Gasteiger partial charge < -0.3 is 25.1 Å². The van der Waals surface area contributed by atoms with Crippen LogP contribution in [-0.4, -0.2) is 43.2 Å². The van der Waals surface area contributed by atoms with Crippen molar-refractivity contribution >= 4 is 17.0 Å². The first kappa shape index (κ1) is 19.5. The smallest absolute Gasteiger partial charge is 0.191 e. The molecule has 0 radical (unpaired) electrons. The number of guanidine groups is 1. The molecule has 0 aliphatic heterocycles. The fourth-order valence-electron chi connectivity index (χ4n) is 2.91. The number of aromatic amines is 1. The number of aromatic nitrogens is 2. The van der Waals surface area contributed by atoms with Crippen LogP contribution in [0, 0.1) is 0 Å². The Labute approximate surface area is 165 Å². The molecule has 0 unspecified atom stereocenters. The van der Waals surface area contributed by atoms with Crippen molar-refractivity contribution in [2.45, 2.75) is 19.9 Å². The molecule has 0 spiro atoms. The maximum absolute atomic E-state index is 5.35. The molecular weight excluding hydrogens is 354 g/mol. The van der Waals surface area contributed by atoms with Crippen molar-refractivity contribution < 1.29 is 9.47 Å². The Hall–Kier alpha value is -3.22. The van der Waals surface area contributed by atoms with E-state index in [0.717, 1.165) is 47.9 Å². The Morgan fingerprint density at radius 1 is 1.07 bits per heavy atom. The van der Waals surface area contributed by atoms with Gasteiger partial charge in [0.2, 0.25) is 0 Å². The molecule has 1 aromatic heterocycles. The fourth-order valence-corrected chi connectivity index (χ4v) is 2.91. The SMILES string of the molecule is CCNC(=NCc1ccc(OC)c(OC)c1)NCCc1nc2ccccc2[nH]1. The highest BCUT2D eigenvalue weighted by Crippen LogP contribution is 2.27. The lowest BCUT2D eigenvalue weighted by molar-refractivity contribution is 0.354. The van der Waals surface area contributed by atoms with Crippen molar-refractivity contribution in [3.05, 3.63) is 53.9 Å². The summed E-state index contributed by atoms with van der Waals surface area (Å²) in [6.07, 6.45) is 0.787. The first-order valence-electron chi connectivity index (χ1n) is 9.40. The Morgan fingerprint density at radius 3 is 2.64 bits per heavy atom. The van der Waals surface area contributed by atoms with Crippen LogP contribution in [0.2, 0.25) is 0 Å². The number of nitrogens with one attached hydrogen (secondary N) is 3. The summed E-state index contributed by atoms with van der Waals surface area (Å²) in [5.41, 5.74) is 3.10. The van der Waals surface area contributed by atoms with Gasteiger partial charge in [0.25, 0.3) is 0 Å². The summed E-state index contributed by atoms with van der Waals surface area (Å²) in [6, 6.07) is 13.9. The molecule has 148 valence electrons. The third-order valence-corrected chi connectivity index (χ3v) is 4.30.